The molecule has 0 radical (unpaired) electrons. The van der Waals surface area contributed by atoms with Gasteiger partial charge in [-0.3, -0.25) is 14.5 Å². The summed E-state index contributed by atoms with van der Waals surface area (Å²) in [6.07, 6.45) is 2.10. The maximum Gasteiger partial charge on any atom is 0.335 e. The van der Waals surface area contributed by atoms with Crippen molar-refractivity contribution in [3.8, 4) is 11.3 Å². The Labute approximate surface area is 166 Å². The molecule has 0 atom stereocenters. The normalized spacial score (nSPS) is 15.6. The average molecular weight is 401 g/mol. The van der Waals surface area contributed by atoms with E-state index in [1.165, 1.54) is 17.0 Å². The highest BCUT2D eigenvalue weighted by Crippen LogP contribution is 2.34. The third-order valence-corrected chi connectivity index (χ3v) is 5.16. The van der Waals surface area contributed by atoms with E-state index >= 15 is 0 Å². The van der Waals surface area contributed by atoms with Gasteiger partial charge in [-0.15, -0.1) is 0 Å². The monoisotopic (exact) mass is 401 g/mol. The average Bonchev–Trinajstić information content (AvgIpc) is 3.22. The third kappa shape index (κ3) is 4.18. The van der Waals surface area contributed by atoms with Crippen LogP contribution >= 0.6 is 11.8 Å². The molecule has 2 heterocycles. The van der Waals surface area contributed by atoms with Crippen molar-refractivity contribution < 1.29 is 28.6 Å². The summed E-state index contributed by atoms with van der Waals surface area (Å²) in [6, 6.07) is 8.19. The number of ether oxygens (including phenoxy) is 1. The van der Waals surface area contributed by atoms with Crippen LogP contribution in [0, 0.1) is 6.92 Å². The Bertz CT molecular complexity index is 961. The molecule has 0 aliphatic carbocycles. The maximum atomic E-state index is 12.4. The van der Waals surface area contributed by atoms with Gasteiger partial charge in [-0.05, 0) is 54.9 Å². The lowest BCUT2D eigenvalue weighted by atomic mass is 10.0. The van der Waals surface area contributed by atoms with E-state index in [-0.39, 0.29) is 16.7 Å². The molecule has 1 aliphatic rings. The first-order chi connectivity index (χ1) is 13.4. The van der Waals surface area contributed by atoms with E-state index in [2.05, 4.69) is 0 Å². The fourth-order valence-corrected chi connectivity index (χ4v) is 3.63. The van der Waals surface area contributed by atoms with Crippen LogP contribution in [-0.4, -0.2) is 47.4 Å². The molecule has 0 bridgehead atoms. The first-order valence-corrected chi connectivity index (χ1v) is 9.41. The van der Waals surface area contributed by atoms with Crippen LogP contribution in [0.25, 0.3) is 17.4 Å². The number of aromatic carboxylic acids is 1. The van der Waals surface area contributed by atoms with Crippen molar-refractivity contribution in [3.63, 3.8) is 0 Å². The van der Waals surface area contributed by atoms with Gasteiger partial charge in [0.05, 0.1) is 10.5 Å². The number of nitrogens with zero attached hydrogens (tertiary/aromatic N) is 1. The fraction of sp³-hybridized carbons (Fsp3) is 0.250. The number of rotatable bonds is 7. The molecule has 146 valence electrons. The number of carboxylic acid groups (broad SMARTS) is 1. The van der Waals surface area contributed by atoms with Crippen LogP contribution < -0.4 is 0 Å². The van der Waals surface area contributed by atoms with Gasteiger partial charge in [0.25, 0.3) is 11.1 Å². The molecular weight excluding hydrogens is 382 g/mol. The SMILES string of the molecule is COCCCN1C(=O)S/C(=C/c2ccc(-c3cc(C(=O)O)ccc3C)o2)C1=O. The minimum absolute atomic E-state index is 0.163. The molecule has 2 amide bonds. The highest BCUT2D eigenvalue weighted by atomic mass is 32.2. The van der Waals surface area contributed by atoms with E-state index in [1.807, 2.05) is 6.92 Å². The Morgan fingerprint density at radius 3 is 2.79 bits per heavy atom. The number of thioether (sulfide) groups is 1. The highest BCUT2D eigenvalue weighted by molar-refractivity contribution is 8.18. The van der Waals surface area contributed by atoms with Crippen molar-refractivity contribution in [1.29, 1.82) is 0 Å². The number of hydrogen-bond acceptors (Lipinski definition) is 6. The number of carbonyl (C=O) groups is 3. The first-order valence-electron chi connectivity index (χ1n) is 8.59. The Morgan fingerprint density at radius 1 is 1.29 bits per heavy atom. The van der Waals surface area contributed by atoms with E-state index in [0.29, 0.717) is 41.6 Å². The van der Waals surface area contributed by atoms with Crippen LogP contribution in [0.3, 0.4) is 0 Å². The summed E-state index contributed by atoms with van der Waals surface area (Å²) in [5.74, 6) is -0.466. The highest BCUT2D eigenvalue weighted by Gasteiger charge is 2.34. The van der Waals surface area contributed by atoms with Gasteiger partial charge in [-0.1, -0.05) is 6.07 Å². The van der Waals surface area contributed by atoms with Crippen molar-refractivity contribution in [2.75, 3.05) is 20.3 Å². The van der Waals surface area contributed by atoms with Gasteiger partial charge in [0, 0.05) is 31.9 Å². The fourth-order valence-electron chi connectivity index (χ4n) is 2.78. The molecule has 7 nitrogen and oxygen atoms in total. The van der Waals surface area contributed by atoms with E-state index in [9.17, 15) is 19.5 Å². The second-order valence-electron chi connectivity index (χ2n) is 6.22. The molecule has 0 saturated carbocycles. The lowest BCUT2D eigenvalue weighted by Gasteiger charge is -2.11. The number of methoxy groups -OCH3 is 1. The summed E-state index contributed by atoms with van der Waals surface area (Å²) in [6.45, 7) is 2.63. The van der Waals surface area contributed by atoms with Crippen LogP contribution in [0.1, 0.15) is 28.1 Å². The van der Waals surface area contributed by atoms with E-state index in [0.717, 1.165) is 17.3 Å². The van der Waals surface area contributed by atoms with Gasteiger partial charge >= 0.3 is 5.97 Å². The maximum absolute atomic E-state index is 12.4. The number of carboxylic acids is 1. The largest absolute Gasteiger partial charge is 0.478 e. The quantitative estimate of drug-likeness (QED) is 0.553. The number of carbonyl (C=O) groups excluding carboxylic acids is 2. The van der Waals surface area contributed by atoms with E-state index in [1.54, 1.807) is 31.4 Å². The number of imide groups is 1. The smallest absolute Gasteiger partial charge is 0.335 e. The van der Waals surface area contributed by atoms with Crippen molar-refractivity contribution in [3.05, 3.63) is 52.1 Å². The van der Waals surface area contributed by atoms with Gasteiger partial charge in [-0.2, -0.15) is 0 Å². The van der Waals surface area contributed by atoms with Gasteiger partial charge < -0.3 is 14.3 Å². The summed E-state index contributed by atoms with van der Waals surface area (Å²) in [4.78, 5) is 37.2. The van der Waals surface area contributed by atoms with Crippen LogP contribution in [0.5, 0.6) is 0 Å². The molecule has 1 aliphatic heterocycles. The summed E-state index contributed by atoms with van der Waals surface area (Å²) in [5.41, 5.74) is 1.69. The van der Waals surface area contributed by atoms with E-state index < -0.39 is 5.97 Å². The van der Waals surface area contributed by atoms with Crippen LogP contribution in [0.15, 0.2) is 39.7 Å². The molecule has 1 fully saturated rings. The van der Waals surface area contributed by atoms with Gasteiger partial charge in [0.15, 0.2) is 0 Å². The topological polar surface area (TPSA) is 97.1 Å². The van der Waals surface area contributed by atoms with Crippen molar-refractivity contribution in [1.82, 2.24) is 4.90 Å². The van der Waals surface area contributed by atoms with E-state index in [4.69, 9.17) is 9.15 Å². The summed E-state index contributed by atoms with van der Waals surface area (Å²) in [7, 11) is 1.57. The van der Waals surface area contributed by atoms with Crippen LogP contribution in [-0.2, 0) is 9.53 Å². The van der Waals surface area contributed by atoms with Crippen LogP contribution in [0.2, 0.25) is 0 Å². The van der Waals surface area contributed by atoms with Crippen LogP contribution in [0.4, 0.5) is 4.79 Å². The summed E-state index contributed by atoms with van der Waals surface area (Å²) in [5, 5.41) is 8.86. The molecular formula is C20H19NO6S. The standard InChI is InChI=1S/C20H19NO6S/c1-12-4-5-13(19(23)24)10-15(12)16-7-6-14(27-16)11-17-18(22)21(20(25)28-17)8-3-9-26-2/h4-7,10-11H,3,8-9H2,1-2H3,(H,23,24)/b17-11+. The molecule has 28 heavy (non-hydrogen) atoms. The zero-order chi connectivity index (χ0) is 20.3. The number of amides is 2. The Kier molecular flexibility index (Phi) is 6.01. The molecule has 0 unspecified atom stereocenters. The van der Waals surface area contributed by atoms with Crippen molar-refractivity contribution in [2.45, 2.75) is 13.3 Å². The zero-order valence-electron chi connectivity index (χ0n) is 15.4. The number of benzene rings is 1. The van der Waals surface area contributed by atoms with Crippen molar-refractivity contribution in [2.24, 2.45) is 0 Å². The number of furan rings is 1. The Morgan fingerprint density at radius 2 is 2.07 bits per heavy atom. The third-order valence-electron chi connectivity index (χ3n) is 4.25. The first kappa shape index (κ1) is 19.9. The van der Waals surface area contributed by atoms with Gasteiger partial charge in [-0.25, -0.2) is 4.79 Å². The predicted octanol–water partition coefficient (Wildman–Crippen LogP) is 4.03. The molecule has 8 heteroatoms. The second-order valence-corrected chi connectivity index (χ2v) is 7.21. The number of aryl methyl sites for hydroxylation is 1. The van der Waals surface area contributed by atoms with Gasteiger partial charge in [0.2, 0.25) is 0 Å². The molecule has 2 aromatic rings. The molecule has 0 spiro atoms. The molecule has 1 aromatic heterocycles. The molecule has 1 aromatic carbocycles. The molecule has 3 rings (SSSR count). The lowest BCUT2D eigenvalue weighted by Crippen LogP contribution is -2.29. The van der Waals surface area contributed by atoms with Crippen molar-refractivity contribution >= 4 is 35.0 Å². The predicted molar refractivity (Wildman–Crippen MR) is 105 cm³/mol. The number of hydrogen-bond donors (Lipinski definition) is 1. The zero-order valence-corrected chi connectivity index (χ0v) is 16.2. The summed E-state index contributed by atoms with van der Waals surface area (Å²) >= 11 is 0.869. The minimum atomic E-state index is -1.02. The Balaban J connectivity index is 1.81. The molecule has 1 N–H and O–H groups in total. The lowest BCUT2D eigenvalue weighted by molar-refractivity contribution is -0.122. The minimum Gasteiger partial charge on any atom is -0.478 e. The summed E-state index contributed by atoms with van der Waals surface area (Å²) < 4.78 is 10.7. The second kappa shape index (κ2) is 8.45. The Hall–Kier alpha value is -2.84. The van der Waals surface area contributed by atoms with Gasteiger partial charge in [0.1, 0.15) is 11.5 Å². The molecule has 1 saturated heterocycles.